The topological polar surface area (TPSA) is 26.3 Å². The summed E-state index contributed by atoms with van der Waals surface area (Å²) < 4.78 is 18.7. The number of benzene rings is 1. The number of hydrogen-bond acceptors (Lipinski definition) is 2. The van der Waals surface area contributed by atoms with Crippen LogP contribution in [0.5, 0.6) is 0 Å². The van der Waals surface area contributed by atoms with E-state index in [1.54, 1.807) is 6.07 Å². The maximum Gasteiger partial charge on any atom is 0.340 e. The molecule has 0 aromatic heterocycles. The molecule has 0 saturated heterocycles. The lowest BCUT2D eigenvalue weighted by Gasteiger charge is -2.41. The van der Waals surface area contributed by atoms with Crippen LogP contribution in [0, 0.1) is 16.6 Å². The van der Waals surface area contributed by atoms with Crippen molar-refractivity contribution in [3.63, 3.8) is 0 Å². The molecule has 1 aliphatic carbocycles. The van der Waals surface area contributed by atoms with Gasteiger partial charge in [-0.2, -0.15) is 0 Å². The number of ether oxygens (including phenoxy) is 1. The SMILES string of the molecule is CC.CC.COC(=O)c1ccc(C2=CCC(C)(C)CC2(C)C)cc1F. The molecule has 0 amide bonds. The summed E-state index contributed by atoms with van der Waals surface area (Å²) in [4.78, 5) is 11.5. The summed E-state index contributed by atoms with van der Waals surface area (Å²) in [5.74, 6) is -1.17. The molecular weight excluding hydrogens is 315 g/mol. The van der Waals surface area contributed by atoms with Gasteiger partial charge in [0, 0.05) is 0 Å². The molecule has 2 rings (SSSR count). The van der Waals surface area contributed by atoms with Crippen LogP contribution in [0.3, 0.4) is 0 Å². The van der Waals surface area contributed by atoms with Crippen LogP contribution in [0.25, 0.3) is 5.57 Å². The van der Waals surface area contributed by atoms with Crippen LogP contribution in [0.1, 0.15) is 84.2 Å². The first-order valence-corrected chi connectivity index (χ1v) is 9.25. The van der Waals surface area contributed by atoms with E-state index in [9.17, 15) is 9.18 Å². The number of allylic oxidation sites excluding steroid dienone is 2. The fraction of sp³-hybridized carbons (Fsp3) is 0.591. The predicted molar refractivity (Wildman–Crippen MR) is 105 cm³/mol. The Balaban J connectivity index is 0.00000134. The fourth-order valence-corrected chi connectivity index (χ4v) is 3.49. The van der Waals surface area contributed by atoms with Gasteiger partial charge in [-0.05, 0) is 46.9 Å². The first-order valence-electron chi connectivity index (χ1n) is 9.25. The fourth-order valence-electron chi connectivity index (χ4n) is 3.49. The smallest absolute Gasteiger partial charge is 0.340 e. The standard InChI is InChI=1S/C18H23FO2.2C2H6/c1-17(2)9-8-14(18(3,4)11-17)12-6-7-13(15(19)10-12)16(20)21-5;2*1-2/h6-8,10H,9,11H2,1-5H3;2*1-2H3. The minimum Gasteiger partial charge on any atom is -0.465 e. The summed E-state index contributed by atoms with van der Waals surface area (Å²) >= 11 is 0. The number of carbonyl (C=O) groups is 1. The zero-order valence-corrected chi connectivity index (χ0v) is 17.4. The zero-order chi connectivity index (χ0) is 19.8. The van der Waals surface area contributed by atoms with Crippen molar-refractivity contribution in [2.45, 2.75) is 68.2 Å². The Kier molecular flexibility index (Phi) is 9.10. The van der Waals surface area contributed by atoms with Gasteiger partial charge in [0.1, 0.15) is 5.82 Å². The third-order valence-electron chi connectivity index (χ3n) is 4.19. The van der Waals surface area contributed by atoms with Gasteiger partial charge in [0.15, 0.2) is 0 Å². The average molecular weight is 351 g/mol. The summed E-state index contributed by atoms with van der Waals surface area (Å²) in [5, 5.41) is 0. The van der Waals surface area contributed by atoms with Crippen LogP contribution in [0.15, 0.2) is 24.3 Å². The molecule has 1 aromatic rings. The molecule has 25 heavy (non-hydrogen) atoms. The van der Waals surface area contributed by atoms with E-state index < -0.39 is 11.8 Å². The van der Waals surface area contributed by atoms with Gasteiger partial charge in [0.25, 0.3) is 0 Å². The highest BCUT2D eigenvalue weighted by Crippen LogP contribution is 2.49. The van der Waals surface area contributed by atoms with Crippen molar-refractivity contribution in [3.05, 3.63) is 41.2 Å². The highest BCUT2D eigenvalue weighted by atomic mass is 19.1. The minimum absolute atomic E-state index is 0.0129. The van der Waals surface area contributed by atoms with Crippen LogP contribution in [-0.4, -0.2) is 13.1 Å². The van der Waals surface area contributed by atoms with Crippen LogP contribution < -0.4 is 0 Å². The molecule has 0 aliphatic heterocycles. The Morgan fingerprint density at radius 2 is 1.64 bits per heavy atom. The molecule has 0 saturated carbocycles. The van der Waals surface area contributed by atoms with Crippen LogP contribution >= 0.6 is 0 Å². The van der Waals surface area contributed by atoms with Crippen molar-refractivity contribution >= 4 is 11.5 Å². The van der Waals surface area contributed by atoms with E-state index in [1.165, 1.54) is 19.2 Å². The Bertz CT molecular complexity index is 598. The third-order valence-corrected chi connectivity index (χ3v) is 4.19. The molecule has 142 valence electrons. The van der Waals surface area contributed by atoms with Crippen molar-refractivity contribution in [1.82, 2.24) is 0 Å². The minimum atomic E-state index is -0.642. The number of esters is 1. The van der Waals surface area contributed by atoms with Gasteiger partial charge in [0.05, 0.1) is 12.7 Å². The molecule has 0 heterocycles. The lowest BCUT2D eigenvalue weighted by atomic mass is 9.64. The first kappa shape index (κ1) is 23.4. The Morgan fingerprint density at radius 3 is 2.08 bits per heavy atom. The first-order chi connectivity index (χ1) is 11.7. The highest BCUT2D eigenvalue weighted by Gasteiger charge is 2.35. The molecule has 0 fully saturated rings. The number of rotatable bonds is 2. The molecule has 0 N–H and O–H groups in total. The van der Waals surface area contributed by atoms with E-state index in [4.69, 9.17) is 0 Å². The van der Waals surface area contributed by atoms with E-state index in [0.717, 1.165) is 24.0 Å². The summed E-state index contributed by atoms with van der Waals surface area (Å²) in [6.07, 6.45) is 4.23. The molecule has 0 bridgehead atoms. The average Bonchev–Trinajstić information content (AvgIpc) is 2.56. The zero-order valence-electron chi connectivity index (χ0n) is 17.4. The largest absolute Gasteiger partial charge is 0.465 e. The van der Waals surface area contributed by atoms with Gasteiger partial charge >= 0.3 is 5.97 Å². The molecule has 2 nitrogen and oxygen atoms in total. The molecule has 0 spiro atoms. The van der Waals surface area contributed by atoms with Crippen molar-refractivity contribution in [2.24, 2.45) is 10.8 Å². The molecule has 0 unspecified atom stereocenters. The van der Waals surface area contributed by atoms with Gasteiger partial charge < -0.3 is 4.74 Å². The normalized spacial score (nSPS) is 17.1. The lowest BCUT2D eigenvalue weighted by molar-refractivity contribution is 0.0595. The van der Waals surface area contributed by atoms with Crippen molar-refractivity contribution < 1.29 is 13.9 Å². The van der Waals surface area contributed by atoms with Gasteiger partial charge in [-0.25, -0.2) is 9.18 Å². The van der Waals surface area contributed by atoms with E-state index in [1.807, 2.05) is 27.7 Å². The third kappa shape index (κ3) is 5.98. The van der Waals surface area contributed by atoms with E-state index >= 15 is 0 Å². The number of methoxy groups -OCH3 is 1. The molecule has 0 atom stereocenters. The second kappa shape index (κ2) is 9.74. The van der Waals surface area contributed by atoms with Gasteiger partial charge in [-0.3, -0.25) is 0 Å². The van der Waals surface area contributed by atoms with E-state index in [2.05, 4.69) is 38.5 Å². The van der Waals surface area contributed by atoms with E-state index in [0.29, 0.717) is 0 Å². The van der Waals surface area contributed by atoms with Crippen molar-refractivity contribution in [1.29, 1.82) is 0 Å². The summed E-state index contributed by atoms with van der Waals surface area (Å²) in [7, 11) is 1.25. The van der Waals surface area contributed by atoms with Crippen LogP contribution in [0.2, 0.25) is 0 Å². The van der Waals surface area contributed by atoms with Gasteiger partial charge in [0.2, 0.25) is 0 Å². The van der Waals surface area contributed by atoms with Gasteiger partial charge in [-0.1, -0.05) is 67.5 Å². The van der Waals surface area contributed by atoms with Crippen LogP contribution in [0.4, 0.5) is 4.39 Å². The molecule has 3 heteroatoms. The number of carbonyl (C=O) groups excluding carboxylic acids is 1. The molecule has 1 aliphatic rings. The van der Waals surface area contributed by atoms with E-state index in [-0.39, 0.29) is 16.4 Å². The van der Waals surface area contributed by atoms with Crippen molar-refractivity contribution in [3.8, 4) is 0 Å². The maximum absolute atomic E-state index is 14.1. The highest BCUT2D eigenvalue weighted by molar-refractivity contribution is 5.90. The monoisotopic (exact) mass is 350 g/mol. The molecule has 0 radical (unpaired) electrons. The summed E-state index contributed by atoms with van der Waals surface area (Å²) in [6, 6.07) is 4.76. The Hall–Kier alpha value is -1.64. The maximum atomic E-state index is 14.1. The second-order valence-corrected chi connectivity index (χ2v) is 7.23. The lowest BCUT2D eigenvalue weighted by Crippen LogP contribution is -2.28. The summed E-state index contributed by atoms with van der Waals surface area (Å²) in [6.45, 7) is 16.9. The molecule has 1 aromatic carbocycles. The summed E-state index contributed by atoms with van der Waals surface area (Å²) in [5.41, 5.74) is 2.23. The van der Waals surface area contributed by atoms with Crippen molar-refractivity contribution in [2.75, 3.05) is 7.11 Å². The Morgan fingerprint density at radius 1 is 1.08 bits per heavy atom. The number of halogens is 1. The second-order valence-electron chi connectivity index (χ2n) is 7.23. The van der Waals surface area contributed by atoms with Crippen LogP contribution in [-0.2, 0) is 4.74 Å². The quantitative estimate of drug-likeness (QED) is 0.543. The van der Waals surface area contributed by atoms with Gasteiger partial charge in [-0.15, -0.1) is 0 Å². The molecular formula is C22H35FO2. The predicted octanol–water partition coefficient (Wildman–Crippen LogP) is 6.89. The Labute approximate surface area is 153 Å². The number of hydrogen-bond donors (Lipinski definition) is 0.